The van der Waals surface area contributed by atoms with Gasteiger partial charge in [0.15, 0.2) is 5.65 Å². The lowest BCUT2D eigenvalue weighted by Crippen LogP contribution is -2.39. The molecule has 2 heterocycles. The minimum Gasteiger partial charge on any atom is -0.426 e. The first-order chi connectivity index (χ1) is 15.6. The van der Waals surface area contributed by atoms with Crippen LogP contribution >= 0.6 is 11.6 Å². The molecule has 170 valence electrons. The zero-order chi connectivity index (χ0) is 23.8. The first kappa shape index (κ1) is 22.8. The molecule has 8 heteroatoms. The minimum absolute atomic E-state index is 0.0907. The molecule has 1 amide bonds. The highest BCUT2D eigenvalue weighted by Gasteiger charge is 2.21. The van der Waals surface area contributed by atoms with Crippen LogP contribution in [0.5, 0.6) is 11.8 Å². The van der Waals surface area contributed by atoms with Crippen molar-refractivity contribution < 1.29 is 14.6 Å². The molecule has 7 nitrogen and oxygen atoms in total. The summed E-state index contributed by atoms with van der Waals surface area (Å²) in [6.07, 6.45) is -0.540. The Morgan fingerprint density at radius 3 is 2.39 bits per heavy atom. The molecule has 2 aromatic carbocycles. The molecular formula is C25H25ClN4O3. The van der Waals surface area contributed by atoms with E-state index in [4.69, 9.17) is 16.3 Å². The van der Waals surface area contributed by atoms with Crippen LogP contribution in [0.1, 0.15) is 44.9 Å². The summed E-state index contributed by atoms with van der Waals surface area (Å²) in [5.41, 5.74) is 3.84. The first-order valence-electron chi connectivity index (χ1n) is 10.5. The zero-order valence-electron chi connectivity index (χ0n) is 18.8. The number of halogens is 1. The van der Waals surface area contributed by atoms with Gasteiger partial charge in [-0.3, -0.25) is 4.79 Å². The molecule has 0 bridgehead atoms. The maximum atomic E-state index is 11.4. The number of benzene rings is 2. The van der Waals surface area contributed by atoms with E-state index < -0.39 is 11.6 Å². The van der Waals surface area contributed by atoms with Crippen molar-refractivity contribution in [2.45, 2.75) is 39.3 Å². The predicted octanol–water partition coefficient (Wildman–Crippen LogP) is 5.50. The number of hydrogen-bond donors (Lipinski definition) is 3. The third kappa shape index (κ3) is 4.99. The molecule has 33 heavy (non-hydrogen) atoms. The molecule has 4 rings (SSSR count). The third-order valence-electron chi connectivity index (χ3n) is 5.35. The summed E-state index contributed by atoms with van der Waals surface area (Å²) < 4.78 is 5.87. The van der Waals surface area contributed by atoms with Gasteiger partial charge >= 0.3 is 6.01 Å². The number of carbonyl (C=O) groups is 1. The van der Waals surface area contributed by atoms with Gasteiger partial charge in [-0.15, -0.1) is 0 Å². The van der Waals surface area contributed by atoms with Gasteiger partial charge in [-0.1, -0.05) is 48.0 Å². The maximum absolute atomic E-state index is 11.4. The Bertz CT molecular complexity index is 1300. The maximum Gasteiger partial charge on any atom is 0.301 e. The number of amides is 1. The molecule has 2 aromatic heterocycles. The van der Waals surface area contributed by atoms with Crippen LogP contribution in [-0.2, 0) is 10.3 Å². The van der Waals surface area contributed by atoms with Crippen molar-refractivity contribution in [3.8, 4) is 23.0 Å². The Balaban J connectivity index is 1.57. The lowest BCUT2D eigenvalue weighted by Gasteiger charge is -2.26. The average molecular weight is 465 g/mol. The lowest BCUT2D eigenvalue weighted by atomic mass is 9.94. The number of H-pyrrole nitrogens is 1. The molecule has 0 saturated carbocycles. The number of aliphatic hydroxyl groups excluding tert-OH is 1. The number of carbonyl (C=O) groups excluding carboxylic acids is 1. The fourth-order valence-corrected chi connectivity index (χ4v) is 3.89. The van der Waals surface area contributed by atoms with E-state index in [-0.39, 0.29) is 5.91 Å². The Morgan fingerprint density at radius 1 is 1.12 bits per heavy atom. The summed E-state index contributed by atoms with van der Waals surface area (Å²) in [7, 11) is 0. The minimum atomic E-state index is -0.540. The van der Waals surface area contributed by atoms with Gasteiger partial charge in [0.2, 0.25) is 5.91 Å². The first-order valence-corrected chi connectivity index (χ1v) is 10.9. The smallest absolute Gasteiger partial charge is 0.301 e. The number of rotatable bonds is 6. The largest absolute Gasteiger partial charge is 0.426 e. The molecule has 0 radical (unpaired) electrons. The van der Waals surface area contributed by atoms with E-state index in [0.29, 0.717) is 33.6 Å². The lowest BCUT2D eigenvalue weighted by molar-refractivity contribution is -0.120. The number of aliphatic hydroxyl groups is 1. The monoisotopic (exact) mass is 464 g/mol. The van der Waals surface area contributed by atoms with Crippen molar-refractivity contribution in [3.63, 3.8) is 0 Å². The number of aromatic amines is 1. The molecule has 0 spiro atoms. The molecule has 0 aliphatic heterocycles. The average Bonchev–Trinajstić information content (AvgIpc) is 3.13. The van der Waals surface area contributed by atoms with E-state index in [1.807, 2.05) is 62.4 Å². The normalized spacial score (nSPS) is 12.5. The molecule has 0 unspecified atom stereocenters. The van der Waals surface area contributed by atoms with Crippen molar-refractivity contribution in [3.05, 3.63) is 70.7 Å². The summed E-state index contributed by atoms with van der Waals surface area (Å²) in [6.45, 7) is 7.09. The standard InChI is InChI=1S/C25H25ClN4O3/c1-14(31)16-5-7-17(8-6-16)22-20(26)13-21-23(28-22)29-24(27-21)33-19-11-9-18(10-12-19)25(3,4)30-15(2)32/h5-14,31H,1-4H3,(H,30,32)(H,27,28,29)/t14-/m1/s1. The predicted molar refractivity (Wildman–Crippen MR) is 128 cm³/mol. The number of ether oxygens (including phenoxy) is 1. The van der Waals surface area contributed by atoms with Gasteiger partial charge < -0.3 is 20.1 Å². The highest BCUT2D eigenvalue weighted by Crippen LogP contribution is 2.31. The van der Waals surface area contributed by atoms with Crippen molar-refractivity contribution in [1.82, 2.24) is 20.3 Å². The quantitative estimate of drug-likeness (QED) is 0.350. The second-order valence-electron chi connectivity index (χ2n) is 8.46. The van der Waals surface area contributed by atoms with E-state index in [1.54, 1.807) is 13.0 Å². The van der Waals surface area contributed by atoms with Crippen molar-refractivity contribution >= 4 is 28.7 Å². The molecule has 4 aromatic rings. The van der Waals surface area contributed by atoms with Crippen LogP contribution in [0.15, 0.2) is 54.6 Å². The molecule has 0 fully saturated rings. The van der Waals surface area contributed by atoms with Crippen LogP contribution in [0, 0.1) is 0 Å². The van der Waals surface area contributed by atoms with E-state index >= 15 is 0 Å². The van der Waals surface area contributed by atoms with E-state index in [2.05, 4.69) is 20.3 Å². The summed E-state index contributed by atoms with van der Waals surface area (Å²) >= 11 is 6.48. The molecule has 0 aliphatic carbocycles. The van der Waals surface area contributed by atoms with Crippen molar-refractivity contribution in [2.75, 3.05) is 0 Å². The Kier molecular flexibility index (Phi) is 6.10. The van der Waals surface area contributed by atoms with E-state index in [9.17, 15) is 9.90 Å². The molecule has 1 atom stereocenters. The highest BCUT2D eigenvalue weighted by atomic mass is 35.5. The number of fused-ring (bicyclic) bond motifs is 1. The van der Waals surface area contributed by atoms with E-state index in [0.717, 1.165) is 16.7 Å². The fourth-order valence-electron chi connectivity index (χ4n) is 3.63. The summed E-state index contributed by atoms with van der Waals surface area (Å²) in [5, 5.41) is 13.1. The van der Waals surface area contributed by atoms with Crippen LogP contribution in [-0.4, -0.2) is 26.0 Å². The molecule has 3 N–H and O–H groups in total. The Labute approximate surface area is 196 Å². The van der Waals surface area contributed by atoms with Crippen LogP contribution in [0.2, 0.25) is 5.02 Å². The van der Waals surface area contributed by atoms with Crippen LogP contribution in [0.25, 0.3) is 22.4 Å². The topological polar surface area (TPSA) is 100 Å². The second kappa shape index (κ2) is 8.84. The third-order valence-corrected chi connectivity index (χ3v) is 5.64. The zero-order valence-corrected chi connectivity index (χ0v) is 19.6. The molecule has 0 saturated heterocycles. The second-order valence-corrected chi connectivity index (χ2v) is 8.87. The molecular weight excluding hydrogens is 440 g/mol. The fraction of sp³-hybridized carbons (Fsp3) is 0.240. The number of nitrogens with zero attached hydrogens (tertiary/aromatic N) is 2. The van der Waals surface area contributed by atoms with Gasteiger partial charge in [-0.25, -0.2) is 4.98 Å². The van der Waals surface area contributed by atoms with Crippen LogP contribution in [0.3, 0.4) is 0 Å². The van der Waals surface area contributed by atoms with Gasteiger partial charge in [0.05, 0.1) is 27.9 Å². The Hall–Kier alpha value is -3.42. The number of aromatic nitrogens is 3. The van der Waals surface area contributed by atoms with Crippen molar-refractivity contribution in [1.29, 1.82) is 0 Å². The Morgan fingerprint density at radius 2 is 1.79 bits per heavy atom. The van der Waals surface area contributed by atoms with Crippen molar-refractivity contribution in [2.24, 2.45) is 0 Å². The SMILES string of the molecule is CC(=O)NC(C)(C)c1ccc(Oc2nc3nc(-c4ccc([C@@H](C)O)cc4)c(Cl)cc3[nH]2)cc1. The number of pyridine rings is 1. The molecule has 0 aliphatic rings. The number of imidazole rings is 1. The van der Waals surface area contributed by atoms with Crippen LogP contribution < -0.4 is 10.1 Å². The summed E-state index contributed by atoms with van der Waals surface area (Å²) in [5.74, 6) is 0.503. The van der Waals surface area contributed by atoms with Gasteiger partial charge in [-0.05, 0) is 50.1 Å². The highest BCUT2D eigenvalue weighted by molar-refractivity contribution is 6.33. The van der Waals surface area contributed by atoms with E-state index in [1.165, 1.54) is 6.92 Å². The number of hydrogen-bond acceptors (Lipinski definition) is 5. The summed E-state index contributed by atoms with van der Waals surface area (Å²) in [4.78, 5) is 23.6. The summed E-state index contributed by atoms with van der Waals surface area (Å²) in [6, 6.07) is 16.9. The van der Waals surface area contributed by atoms with Gasteiger partial charge in [0, 0.05) is 12.5 Å². The van der Waals surface area contributed by atoms with Gasteiger partial charge in [0.25, 0.3) is 0 Å². The van der Waals surface area contributed by atoms with Gasteiger partial charge in [-0.2, -0.15) is 4.98 Å². The van der Waals surface area contributed by atoms with Crippen LogP contribution in [0.4, 0.5) is 0 Å². The van der Waals surface area contributed by atoms with Gasteiger partial charge in [0.1, 0.15) is 5.75 Å². The number of nitrogens with one attached hydrogen (secondary N) is 2.